The maximum absolute atomic E-state index is 12.7. The fraction of sp³-hybridized carbons (Fsp3) is 0.522. The summed E-state index contributed by atoms with van der Waals surface area (Å²) >= 11 is 1.84. The van der Waals surface area contributed by atoms with Crippen molar-refractivity contribution >= 4 is 17.2 Å². The molecule has 28 heavy (non-hydrogen) atoms. The number of hydrogen-bond donors (Lipinski definition) is 1. The van der Waals surface area contributed by atoms with E-state index >= 15 is 0 Å². The Morgan fingerprint density at radius 1 is 1.11 bits per heavy atom. The number of hydrogen-bond acceptors (Lipinski definition) is 4. The standard InChI is InChI=1S/C23H31N3OS/c1-18-4-6-19(7-5-18)23(20-8-9-20)24-22(27)17-26-14-12-25(13-15-26)11-10-21-3-2-16-28-21/h2-7,16,20,23H,8-15,17H2,1H3,(H,24,27). The molecule has 1 saturated heterocycles. The highest BCUT2D eigenvalue weighted by molar-refractivity contribution is 7.09. The lowest BCUT2D eigenvalue weighted by atomic mass is 10.0. The van der Waals surface area contributed by atoms with Crippen molar-refractivity contribution in [1.82, 2.24) is 15.1 Å². The molecule has 4 nitrogen and oxygen atoms in total. The number of rotatable bonds is 8. The Balaban J connectivity index is 1.22. The summed E-state index contributed by atoms with van der Waals surface area (Å²) in [7, 11) is 0. The number of piperazine rings is 1. The number of benzene rings is 1. The van der Waals surface area contributed by atoms with Gasteiger partial charge >= 0.3 is 0 Å². The molecule has 150 valence electrons. The summed E-state index contributed by atoms with van der Waals surface area (Å²) in [4.78, 5) is 19.0. The molecule has 4 rings (SSSR count). The predicted octanol–water partition coefficient (Wildman–Crippen LogP) is 3.48. The summed E-state index contributed by atoms with van der Waals surface area (Å²) in [5, 5.41) is 5.47. The molecule has 1 atom stereocenters. The Kier molecular flexibility index (Phi) is 6.45. The Morgan fingerprint density at radius 2 is 1.82 bits per heavy atom. The van der Waals surface area contributed by atoms with Gasteiger partial charge in [-0.2, -0.15) is 0 Å². The van der Waals surface area contributed by atoms with Gasteiger partial charge < -0.3 is 10.2 Å². The van der Waals surface area contributed by atoms with E-state index in [4.69, 9.17) is 0 Å². The first-order valence-corrected chi connectivity index (χ1v) is 11.4. The van der Waals surface area contributed by atoms with Gasteiger partial charge in [0, 0.05) is 37.6 Å². The monoisotopic (exact) mass is 397 g/mol. The van der Waals surface area contributed by atoms with Gasteiger partial charge in [-0.15, -0.1) is 11.3 Å². The maximum Gasteiger partial charge on any atom is 0.234 e. The first-order valence-electron chi connectivity index (χ1n) is 10.5. The van der Waals surface area contributed by atoms with E-state index in [1.807, 2.05) is 11.3 Å². The topological polar surface area (TPSA) is 35.6 Å². The van der Waals surface area contributed by atoms with Crippen LogP contribution in [0.4, 0.5) is 0 Å². The van der Waals surface area contributed by atoms with Gasteiger partial charge in [0.1, 0.15) is 0 Å². The maximum atomic E-state index is 12.7. The van der Waals surface area contributed by atoms with E-state index in [-0.39, 0.29) is 11.9 Å². The molecule has 5 heteroatoms. The van der Waals surface area contributed by atoms with Crippen molar-refractivity contribution in [3.63, 3.8) is 0 Å². The highest BCUT2D eigenvalue weighted by atomic mass is 32.1. The second-order valence-corrected chi connectivity index (χ2v) is 9.27. The van der Waals surface area contributed by atoms with Crippen molar-refractivity contribution in [1.29, 1.82) is 0 Å². The van der Waals surface area contributed by atoms with Gasteiger partial charge in [-0.25, -0.2) is 0 Å². The lowest BCUT2D eigenvalue weighted by Gasteiger charge is -2.34. The summed E-state index contributed by atoms with van der Waals surface area (Å²) in [6, 6.07) is 13.2. The van der Waals surface area contributed by atoms with Crippen molar-refractivity contribution < 1.29 is 4.79 Å². The number of nitrogens with zero attached hydrogens (tertiary/aromatic N) is 2. The van der Waals surface area contributed by atoms with Crippen LogP contribution in [0.25, 0.3) is 0 Å². The van der Waals surface area contributed by atoms with Crippen LogP contribution in [0.1, 0.15) is 34.9 Å². The van der Waals surface area contributed by atoms with E-state index in [1.165, 1.54) is 28.8 Å². The van der Waals surface area contributed by atoms with Crippen molar-refractivity contribution in [3.05, 3.63) is 57.8 Å². The first-order chi connectivity index (χ1) is 13.7. The molecule has 0 radical (unpaired) electrons. The zero-order valence-electron chi connectivity index (χ0n) is 16.8. The van der Waals surface area contributed by atoms with E-state index in [2.05, 4.69) is 63.8 Å². The van der Waals surface area contributed by atoms with Gasteiger partial charge in [0.15, 0.2) is 0 Å². The van der Waals surface area contributed by atoms with E-state index in [0.29, 0.717) is 12.5 Å². The SMILES string of the molecule is Cc1ccc(C(NC(=O)CN2CCN(CCc3cccs3)CC2)C2CC2)cc1. The lowest BCUT2D eigenvalue weighted by molar-refractivity contribution is -0.123. The number of thiophene rings is 1. The second-order valence-electron chi connectivity index (χ2n) is 8.24. The summed E-state index contributed by atoms with van der Waals surface area (Å²) in [5.41, 5.74) is 2.52. The van der Waals surface area contributed by atoms with Gasteiger partial charge in [0.05, 0.1) is 12.6 Å². The minimum atomic E-state index is 0.171. The van der Waals surface area contributed by atoms with Crippen molar-refractivity contribution in [2.45, 2.75) is 32.2 Å². The molecule has 1 aliphatic carbocycles. The third kappa shape index (κ3) is 5.43. The molecular formula is C23H31N3OS. The van der Waals surface area contributed by atoms with Crippen LogP contribution in [0.15, 0.2) is 41.8 Å². The van der Waals surface area contributed by atoms with Crippen molar-refractivity contribution in [3.8, 4) is 0 Å². The molecule has 2 fully saturated rings. The average Bonchev–Trinajstić information content (AvgIpc) is 3.41. The molecule has 1 aromatic heterocycles. The summed E-state index contributed by atoms with van der Waals surface area (Å²) < 4.78 is 0. The number of amides is 1. The van der Waals surface area contributed by atoms with Gasteiger partial charge in [-0.3, -0.25) is 9.69 Å². The van der Waals surface area contributed by atoms with Crippen LogP contribution in [0.3, 0.4) is 0 Å². The number of nitrogens with one attached hydrogen (secondary N) is 1. The summed E-state index contributed by atoms with van der Waals surface area (Å²) in [5.74, 6) is 0.783. The van der Waals surface area contributed by atoms with Crippen molar-refractivity contribution in [2.24, 2.45) is 5.92 Å². The van der Waals surface area contributed by atoms with E-state index < -0.39 is 0 Å². The Labute approximate surface area is 172 Å². The van der Waals surface area contributed by atoms with E-state index in [9.17, 15) is 4.79 Å². The van der Waals surface area contributed by atoms with Crippen LogP contribution in [0.5, 0.6) is 0 Å². The van der Waals surface area contributed by atoms with Crippen LogP contribution >= 0.6 is 11.3 Å². The Morgan fingerprint density at radius 3 is 2.46 bits per heavy atom. The number of carbonyl (C=O) groups excluding carboxylic acids is 1. The molecule has 2 aromatic rings. The molecule has 0 spiro atoms. The lowest BCUT2D eigenvalue weighted by Crippen LogP contribution is -2.50. The molecule has 1 aliphatic heterocycles. The summed E-state index contributed by atoms with van der Waals surface area (Å²) in [6.45, 7) is 7.83. The normalized spacial score (nSPS) is 19.5. The largest absolute Gasteiger partial charge is 0.348 e. The molecule has 1 N–H and O–H groups in total. The first kappa shape index (κ1) is 19.6. The Hall–Kier alpha value is -1.69. The minimum absolute atomic E-state index is 0.171. The van der Waals surface area contributed by atoms with Crippen LogP contribution in [-0.2, 0) is 11.2 Å². The van der Waals surface area contributed by atoms with Gasteiger partial charge in [0.25, 0.3) is 0 Å². The molecular weight excluding hydrogens is 366 g/mol. The second kappa shape index (κ2) is 9.21. The molecule has 2 heterocycles. The molecule has 1 aromatic carbocycles. The fourth-order valence-corrected chi connectivity index (χ4v) is 4.69. The number of carbonyl (C=O) groups is 1. The van der Waals surface area contributed by atoms with E-state index in [0.717, 1.165) is 39.1 Å². The van der Waals surface area contributed by atoms with Crippen LogP contribution in [-0.4, -0.2) is 55.0 Å². The van der Waals surface area contributed by atoms with E-state index in [1.54, 1.807) is 0 Å². The van der Waals surface area contributed by atoms with Crippen LogP contribution in [0.2, 0.25) is 0 Å². The molecule has 1 unspecified atom stereocenters. The highest BCUT2D eigenvalue weighted by Crippen LogP contribution is 2.41. The van der Waals surface area contributed by atoms with Crippen molar-refractivity contribution in [2.75, 3.05) is 39.3 Å². The Bertz CT molecular complexity index is 747. The average molecular weight is 398 g/mol. The smallest absolute Gasteiger partial charge is 0.234 e. The quantitative estimate of drug-likeness (QED) is 0.741. The van der Waals surface area contributed by atoms with Gasteiger partial charge in [-0.1, -0.05) is 35.9 Å². The van der Waals surface area contributed by atoms with Gasteiger partial charge in [0.2, 0.25) is 5.91 Å². The zero-order chi connectivity index (χ0) is 19.3. The predicted molar refractivity (Wildman–Crippen MR) is 116 cm³/mol. The molecule has 2 aliphatic rings. The van der Waals surface area contributed by atoms with Gasteiger partial charge in [-0.05, 0) is 49.1 Å². The minimum Gasteiger partial charge on any atom is -0.348 e. The van der Waals surface area contributed by atoms with Crippen LogP contribution in [0, 0.1) is 12.8 Å². The zero-order valence-corrected chi connectivity index (χ0v) is 17.6. The summed E-state index contributed by atoms with van der Waals surface area (Å²) in [6.07, 6.45) is 3.58. The fourth-order valence-electron chi connectivity index (χ4n) is 3.99. The molecule has 0 bridgehead atoms. The highest BCUT2D eigenvalue weighted by Gasteiger charge is 2.33. The molecule has 1 amide bonds. The van der Waals surface area contributed by atoms with Crippen LogP contribution < -0.4 is 5.32 Å². The third-order valence-corrected chi connectivity index (χ3v) is 6.87. The third-order valence-electron chi connectivity index (χ3n) is 5.93. The number of aryl methyl sites for hydroxylation is 1. The molecule has 1 saturated carbocycles.